The van der Waals surface area contributed by atoms with Crippen molar-refractivity contribution in [2.24, 2.45) is 4.99 Å². The predicted molar refractivity (Wildman–Crippen MR) is 96.4 cm³/mol. The van der Waals surface area contributed by atoms with E-state index in [2.05, 4.69) is 15.0 Å². The molecule has 0 bridgehead atoms. The van der Waals surface area contributed by atoms with E-state index >= 15 is 0 Å². The molecule has 1 rings (SSSR count). The largest absolute Gasteiger partial charge is 0.356 e. The Balaban J connectivity index is 2.39. The highest BCUT2D eigenvalue weighted by molar-refractivity contribution is 7.89. The zero-order valence-electron chi connectivity index (χ0n) is 13.8. The minimum Gasteiger partial charge on any atom is -0.356 e. The van der Waals surface area contributed by atoms with Crippen molar-refractivity contribution in [1.82, 2.24) is 14.9 Å². The molecule has 0 fully saturated rings. The number of hydrogen-bond donors (Lipinski definition) is 2. The molecule has 0 spiro atoms. The molecular formula is C15H25ClN4O2S. The van der Waals surface area contributed by atoms with E-state index in [4.69, 9.17) is 11.6 Å². The van der Waals surface area contributed by atoms with Crippen LogP contribution in [0.1, 0.15) is 18.9 Å². The van der Waals surface area contributed by atoms with Crippen molar-refractivity contribution in [3.05, 3.63) is 34.9 Å². The first-order valence-electron chi connectivity index (χ1n) is 7.51. The molecule has 1 aromatic rings. The van der Waals surface area contributed by atoms with Crippen molar-refractivity contribution in [2.75, 3.05) is 32.9 Å². The zero-order chi connectivity index (χ0) is 17.3. The molecule has 8 heteroatoms. The Labute approximate surface area is 144 Å². The van der Waals surface area contributed by atoms with Crippen molar-refractivity contribution in [3.63, 3.8) is 0 Å². The Kier molecular flexibility index (Phi) is 8.36. The van der Waals surface area contributed by atoms with Gasteiger partial charge in [-0.05, 0) is 31.0 Å². The summed E-state index contributed by atoms with van der Waals surface area (Å²) < 4.78 is 25.2. The van der Waals surface area contributed by atoms with Gasteiger partial charge in [-0.1, -0.05) is 23.7 Å². The molecule has 0 aliphatic carbocycles. The summed E-state index contributed by atoms with van der Waals surface area (Å²) in [7, 11) is 0.542. The third kappa shape index (κ3) is 7.67. The molecule has 1 aromatic carbocycles. The molecule has 0 aliphatic rings. The Hall–Kier alpha value is -1.31. The molecule has 0 aliphatic heterocycles. The number of benzene rings is 1. The number of guanidine groups is 1. The normalized spacial score (nSPS) is 12.3. The third-order valence-corrected chi connectivity index (χ3v) is 4.86. The first-order valence-corrected chi connectivity index (χ1v) is 9.54. The number of sulfonamides is 1. The van der Waals surface area contributed by atoms with Crippen molar-refractivity contribution in [3.8, 4) is 0 Å². The molecule has 0 aromatic heterocycles. The van der Waals surface area contributed by atoms with Crippen LogP contribution in [0.4, 0.5) is 0 Å². The second kappa shape index (κ2) is 9.75. The fourth-order valence-electron chi connectivity index (χ4n) is 1.99. The molecule has 6 nitrogen and oxygen atoms in total. The van der Waals surface area contributed by atoms with E-state index in [-0.39, 0.29) is 5.75 Å². The van der Waals surface area contributed by atoms with Gasteiger partial charge in [-0.15, -0.1) is 0 Å². The minimum atomic E-state index is -3.12. The van der Waals surface area contributed by atoms with Gasteiger partial charge in [-0.2, -0.15) is 0 Å². The number of rotatable bonds is 8. The van der Waals surface area contributed by atoms with Crippen LogP contribution in [0, 0.1) is 0 Å². The molecule has 130 valence electrons. The molecule has 0 amide bonds. The molecule has 2 N–H and O–H groups in total. The summed E-state index contributed by atoms with van der Waals surface area (Å²) >= 11 is 5.99. The Morgan fingerprint density at radius 1 is 1.35 bits per heavy atom. The van der Waals surface area contributed by atoms with Crippen LogP contribution < -0.4 is 10.0 Å². The number of hydrogen-bond acceptors (Lipinski definition) is 3. The van der Waals surface area contributed by atoms with Crippen molar-refractivity contribution in [1.29, 1.82) is 0 Å². The molecule has 0 radical (unpaired) electrons. The molecule has 0 heterocycles. The zero-order valence-corrected chi connectivity index (χ0v) is 15.4. The summed E-state index contributed by atoms with van der Waals surface area (Å²) in [5.74, 6) is 0.855. The Morgan fingerprint density at radius 3 is 2.70 bits per heavy atom. The summed E-state index contributed by atoms with van der Waals surface area (Å²) in [6.45, 7) is 3.35. The van der Waals surface area contributed by atoms with Crippen LogP contribution in [0.25, 0.3) is 0 Å². The number of halogens is 1. The van der Waals surface area contributed by atoms with E-state index in [1.54, 1.807) is 14.0 Å². The SMILES string of the molecule is CCS(=O)(=O)NCCCNC(=NC)N(C)Cc1cccc(Cl)c1. The molecule has 0 unspecified atom stereocenters. The highest BCUT2D eigenvalue weighted by Crippen LogP contribution is 2.12. The summed E-state index contributed by atoms with van der Waals surface area (Å²) in [5, 5.41) is 3.93. The van der Waals surface area contributed by atoms with Crippen molar-refractivity contribution >= 4 is 27.6 Å². The van der Waals surface area contributed by atoms with Gasteiger partial charge in [0, 0.05) is 38.8 Å². The lowest BCUT2D eigenvalue weighted by Crippen LogP contribution is -2.39. The fraction of sp³-hybridized carbons (Fsp3) is 0.533. The topological polar surface area (TPSA) is 73.8 Å². The summed E-state index contributed by atoms with van der Waals surface area (Å²) in [4.78, 5) is 6.22. The highest BCUT2D eigenvalue weighted by atomic mass is 35.5. The first kappa shape index (κ1) is 19.7. The van der Waals surface area contributed by atoms with E-state index in [9.17, 15) is 8.42 Å². The van der Waals surface area contributed by atoms with Gasteiger partial charge in [0.05, 0.1) is 5.75 Å². The average molecular weight is 361 g/mol. The quantitative estimate of drug-likeness (QED) is 0.420. The third-order valence-electron chi connectivity index (χ3n) is 3.22. The average Bonchev–Trinajstić information content (AvgIpc) is 2.50. The van der Waals surface area contributed by atoms with Gasteiger partial charge in [-0.3, -0.25) is 4.99 Å². The lowest BCUT2D eigenvalue weighted by molar-refractivity contribution is 0.475. The van der Waals surface area contributed by atoms with E-state index in [1.165, 1.54) is 0 Å². The molecule has 0 atom stereocenters. The number of nitrogens with zero attached hydrogens (tertiary/aromatic N) is 2. The lowest BCUT2D eigenvalue weighted by atomic mass is 10.2. The van der Waals surface area contributed by atoms with Crippen molar-refractivity contribution < 1.29 is 8.42 Å². The second-order valence-electron chi connectivity index (χ2n) is 5.11. The van der Waals surface area contributed by atoms with Crippen molar-refractivity contribution in [2.45, 2.75) is 19.9 Å². The smallest absolute Gasteiger partial charge is 0.211 e. The summed E-state index contributed by atoms with van der Waals surface area (Å²) in [5.41, 5.74) is 1.10. The number of nitrogens with one attached hydrogen (secondary N) is 2. The van der Waals surface area contributed by atoms with Crippen LogP contribution in [-0.2, 0) is 16.6 Å². The van der Waals surface area contributed by atoms with E-state index in [1.807, 2.05) is 36.2 Å². The predicted octanol–water partition coefficient (Wildman–Crippen LogP) is 1.68. The van der Waals surface area contributed by atoms with E-state index < -0.39 is 10.0 Å². The second-order valence-corrected chi connectivity index (χ2v) is 7.64. The number of aliphatic imine (C=N–C) groups is 1. The van der Waals surface area contributed by atoms with Gasteiger partial charge in [0.2, 0.25) is 10.0 Å². The maximum atomic E-state index is 11.3. The van der Waals surface area contributed by atoms with Gasteiger partial charge >= 0.3 is 0 Å². The van der Waals surface area contributed by atoms with Gasteiger partial charge in [0.1, 0.15) is 0 Å². The van der Waals surface area contributed by atoms with Crippen LogP contribution in [-0.4, -0.2) is 52.2 Å². The summed E-state index contributed by atoms with van der Waals surface area (Å²) in [6.07, 6.45) is 0.684. The van der Waals surface area contributed by atoms with Gasteiger partial charge in [-0.25, -0.2) is 13.1 Å². The van der Waals surface area contributed by atoms with Crippen LogP contribution in [0.5, 0.6) is 0 Å². The maximum absolute atomic E-state index is 11.3. The van der Waals surface area contributed by atoms with E-state index in [0.717, 1.165) is 11.5 Å². The van der Waals surface area contributed by atoms with Crippen LogP contribution in [0.3, 0.4) is 0 Å². The lowest BCUT2D eigenvalue weighted by Gasteiger charge is -2.22. The van der Waals surface area contributed by atoms with Crippen LogP contribution in [0.15, 0.2) is 29.3 Å². The molecule has 0 saturated heterocycles. The minimum absolute atomic E-state index is 0.102. The maximum Gasteiger partial charge on any atom is 0.211 e. The Morgan fingerprint density at radius 2 is 2.09 bits per heavy atom. The fourth-order valence-corrected chi connectivity index (χ4v) is 2.86. The first-order chi connectivity index (χ1) is 10.9. The summed E-state index contributed by atoms with van der Waals surface area (Å²) in [6, 6.07) is 7.69. The standard InChI is InChI=1S/C15H25ClN4O2S/c1-4-23(21,22)19-10-6-9-18-15(17-2)20(3)12-13-7-5-8-14(16)11-13/h5,7-8,11,19H,4,6,9-10,12H2,1-3H3,(H,17,18). The Bertz CT molecular complexity index is 620. The highest BCUT2D eigenvalue weighted by Gasteiger charge is 2.07. The van der Waals surface area contributed by atoms with Crippen LogP contribution >= 0.6 is 11.6 Å². The monoisotopic (exact) mass is 360 g/mol. The van der Waals surface area contributed by atoms with E-state index in [0.29, 0.717) is 31.1 Å². The van der Waals surface area contributed by atoms with Gasteiger partial charge in [0.25, 0.3) is 0 Å². The van der Waals surface area contributed by atoms with Crippen LogP contribution in [0.2, 0.25) is 5.02 Å². The molecule has 23 heavy (non-hydrogen) atoms. The van der Waals surface area contributed by atoms with Gasteiger partial charge < -0.3 is 10.2 Å². The van der Waals surface area contributed by atoms with Gasteiger partial charge in [0.15, 0.2) is 5.96 Å². The molecule has 0 saturated carbocycles. The molecular weight excluding hydrogens is 336 g/mol.